The second-order valence-electron chi connectivity index (χ2n) is 6.63. The van der Waals surface area contributed by atoms with Gasteiger partial charge in [-0.15, -0.1) is 0 Å². The molecule has 0 unspecified atom stereocenters. The van der Waals surface area contributed by atoms with Gasteiger partial charge in [0.05, 0.1) is 13.2 Å². The summed E-state index contributed by atoms with van der Waals surface area (Å²) in [5.41, 5.74) is 0. The van der Waals surface area contributed by atoms with Gasteiger partial charge >= 0.3 is 0 Å². The Kier molecular flexibility index (Phi) is 11.9. The van der Waals surface area contributed by atoms with Crippen molar-refractivity contribution in [2.45, 2.75) is 95.5 Å². The van der Waals surface area contributed by atoms with E-state index in [0.29, 0.717) is 6.61 Å². The van der Waals surface area contributed by atoms with Crippen LogP contribution in [0.5, 0.6) is 0 Å². The van der Waals surface area contributed by atoms with Gasteiger partial charge in [-0.05, 0) is 6.42 Å². The Hall–Kier alpha value is -0.200. The summed E-state index contributed by atoms with van der Waals surface area (Å²) in [5.74, 6) is 0. The van der Waals surface area contributed by atoms with E-state index in [-0.39, 0.29) is 13.2 Å². The minimum atomic E-state index is -0.996. The summed E-state index contributed by atoms with van der Waals surface area (Å²) < 4.78 is 11.0. The number of aliphatic hydroxyl groups excluding tert-OH is 3. The Morgan fingerprint density at radius 2 is 1.57 bits per heavy atom. The lowest BCUT2D eigenvalue weighted by Gasteiger charge is -2.23. The first-order chi connectivity index (χ1) is 11.2. The molecule has 23 heavy (non-hydrogen) atoms. The third kappa shape index (κ3) is 8.45. The van der Waals surface area contributed by atoms with Crippen molar-refractivity contribution in [3.8, 4) is 0 Å². The second-order valence-corrected chi connectivity index (χ2v) is 6.63. The van der Waals surface area contributed by atoms with Crippen LogP contribution in [0.3, 0.4) is 0 Å². The van der Waals surface area contributed by atoms with Crippen LogP contribution >= 0.6 is 0 Å². The van der Waals surface area contributed by atoms with E-state index in [4.69, 9.17) is 14.6 Å². The first-order valence-corrected chi connectivity index (χ1v) is 9.40. The minimum Gasteiger partial charge on any atom is -0.394 e. The Labute approximate surface area is 141 Å². The Morgan fingerprint density at radius 1 is 1.00 bits per heavy atom. The topological polar surface area (TPSA) is 79.2 Å². The number of rotatable bonds is 14. The van der Waals surface area contributed by atoms with E-state index in [2.05, 4.69) is 6.92 Å². The Bertz CT molecular complexity index is 274. The molecule has 4 atom stereocenters. The lowest BCUT2D eigenvalue weighted by molar-refractivity contribution is -0.0938. The van der Waals surface area contributed by atoms with Crippen LogP contribution in [-0.2, 0) is 9.47 Å². The molecule has 1 fully saturated rings. The number of aliphatic hydroxyl groups is 3. The van der Waals surface area contributed by atoms with Crippen LogP contribution in [0, 0.1) is 0 Å². The lowest BCUT2D eigenvalue weighted by atomic mass is 10.1. The van der Waals surface area contributed by atoms with Crippen molar-refractivity contribution < 1.29 is 24.8 Å². The number of hydrogen-bond acceptors (Lipinski definition) is 5. The lowest BCUT2D eigenvalue weighted by Crippen LogP contribution is -2.42. The van der Waals surface area contributed by atoms with Gasteiger partial charge in [0.25, 0.3) is 0 Å². The van der Waals surface area contributed by atoms with Gasteiger partial charge in [-0.25, -0.2) is 0 Å². The van der Waals surface area contributed by atoms with Crippen molar-refractivity contribution in [1.29, 1.82) is 0 Å². The van der Waals surface area contributed by atoms with Crippen LogP contribution in [0.4, 0.5) is 0 Å². The highest BCUT2D eigenvalue weighted by Gasteiger charge is 2.40. The smallest absolute Gasteiger partial charge is 0.114 e. The molecule has 0 spiro atoms. The molecule has 1 aliphatic rings. The summed E-state index contributed by atoms with van der Waals surface area (Å²) in [5, 5.41) is 28.5. The fraction of sp³-hybridized carbons (Fsp3) is 1.00. The monoisotopic (exact) mass is 332 g/mol. The van der Waals surface area contributed by atoms with Crippen LogP contribution in [-0.4, -0.2) is 59.6 Å². The highest BCUT2D eigenvalue weighted by Crippen LogP contribution is 2.21. The number of ether oxygens (including phenoxy) is 2. The Balaban J connectivity index is 1.97. The maximum Gasteiger partial charge on any atom is 0.114 e. The number of hydrogen-bond donors (Lipinski definition) is 3. The Morgan fingerprint density at radius 3 is 2.13 bits per heavy atom. The standard InChI is InChI=1S/C18H36O5/c1-2-3-4-5-6-7-8-9-10-11-12-22-18-16(21)14-23-17(18)15(20)13-19/h15-21H,2-14H2,1H3/t15-,16+,17-,18-/m1/s1. The van der Waals surface area contributed by atoms with Gasteiger partial charge in [0.2, 0.25) is 0 Å². The molecule has 1 heterocycles. The van der Waals surface area contributed by atoms with E-state index < -0.39 is 24.4 Å². The van der Waals surface area contributed by atoms with E-state index in [0.717, 1.165) is 12.8 Å². The highest BCUT2D eigenvalue weighted by atomic mass is 16.6. The molecule has 1 saturated heterocycles. The van der Waals surface area contributed by atoms with Gasteiger partial charge in [-0.1, -0.05) is 64.7 Å². The highest BCUT2D eigenvalue weighted by molar-refractivity contribution is 4.89. The molecule has 1 aliphatic heterocycles. The summed E-state index contributed by atoms with van der Waals surface area (Å²) in [6, 6.07) is 0. The van der Waals surface area contributed by atoms with E-state index in [1.165, 1.54) is 51.4 Å². The molecule has 0 saturated carbocycles. The predicted molar refractivity (Wildman–Crippen MR) is 90.4 cm³/mol. The first kappa shape index (κ1) is 20.8. The summed E-state index contributed by atoms with van der Waals surface area (Å²) in [4.78, 5) is 0. The van der Waals surface area contributed by atoms with Crippen LogP contribution < -0.4 is 0 Å². The summed E-state index contributed by atoms with van der Waals surface area (Å²) >= 11 is 0. The first-order valence-electron chi connectivity index (χ1n) is 9.40. The van der Waals surface area contributed by atoms with Gasteiger partial charge in [-0.2, -0.15) is 0 Å². The van der Waals surface area contributed by atoms with Crippen molar-refractivity contribution in [2.75, 3.05) is 19.8 Å². The minimum absolute atomic E-state index is 0.157. The predicted octanol–water partition coefficient (Wildman–Crippen LogP) is 2.41. The van der Waals surface area contributed by atoms with E-state index >= 15 is 0 Å². The molecule has 0 aromatic carbocycles. The normalized spacial score (nSPS) is 25.8. The molecular formula is C18H36O5. The van der Waals surface area contributed by atoms with Crippen LogP contribution in [0.2, 0.25) is 0 Å². The summed E-state index contributed by atoms with van der Waals surface area (Å²) in [6.07, 6.45) is 9.80. The van der Waals surface area contributed by atoms with Crippen molar-refractivity contribution in [3.05, 3.63) is 0 Å². The largest absolute Gasteiger partial charge is 0.394 e. The molecule has 5 heteroatoms. The molecule has 3 N–H and O–H groups in total. The van der Waals surface area contributed by atoms with Gasteiger partial charge in [0.15, 0.2) is 0 Å². The molecular weight excluding hydrogens is 296 g/mol. The summed E-state index contributed by atoms with van der Waals surface area (Å²) in [6.45, 7) is 2.58. The van der Waals surface area contributed by atoms with Crippen molar-refractivity contribution in [3.63, 3.8) is 0 Å². The molecule has 0 amide bonds. The zero-order valence-corrected chi connectivity index (χ0v) is 14.7. The average Bonchev–Trinajstić information content (AvgIpc) is 2.93. The van der Waals surface area contributed by atoms with Crippen LogP contribution in [0.25, 0.3) is 0 Å². The molecule has 0 bridgehead atoms. The molecule has 0 radical (unpaired) electrons. The molecule has 1 rings (SSSR count). The van der Waals surface area contributed by atoms with Crippen molar-refractivity contribution >= 4 is 0 Å². The van der Waals surface area contributed by atoms with E-state index in [1.54, 1.807) is 0 Å². The van der Waals surface area contributed by atoms with Crippen LogP contribution in [0.1, 0.15) is 71.1 Å². The van der Waals surface area contributed by atoms with Gasteiger partial charge < -0.3 is 24.8 Å². The molecule has 0 aliphatic carbocycles. The van der Waals surface area contributed by atoms with Gasteiger partial charge in [0, 0.05) is 6.61 Å². The molecule has 138 valence electrons. The second kappa shape index (κ2) is 13.1. The maximum absolute atomic E-state index is 9.82. The van der Waals surface area contributed by atoms with Gasteiger partial charge in [0.1, 0.15) is 24.4 Å². The summed E-state index contributed by atoms with van der Waals surface area (Å²) in [7, 11) is 0. The van der Waals surface area contributed by atoms with Crippen LogP contribution in [0.15, 0.2) is 0 Å². The third-order valence-corrected chi connectivity index (χ3v) is 4.54. The maximum atomic E-state index is 9.82. The van der Waals surface area contributed by atoms with E-state index in [9.17, 15) is 10.2 Å². The zero-order chi connectivity index (χ0) is 16.9. The van der Waals surface area contributed by atoms with E-state index in [1.807, 2.05) is 0 Å². The molecule has 5 nitrogen and oxygen atoms in total. The SMILES string of the molecule is CCCCCCCCCCCCO[C@H]1[C@@H]([C@H](O)CO)OC[C@@H]1O. The third-order valence-electron chi connectivity index (χ3n) is 4.54. The number of unbranched alkanes of at least 4 members (excludes halogenated alkanes) is 9. The fourth-order valence-corrected chi connectivity index (χ4v) is 3.07. The quantitative estimate of drug-likeness (QED) is 0.426. The average molecular weight is 332 g/mol. The molecule has 0 aromatic heterocycles. The zero-order valence-electron chi connectivity index (χ0n) is 14.7. The fourth-order valence-electron chi connectivity index (χ4n) is 3.07. The van der Waals surface area contributed by atoms with Crippen molar-refractivity contribution in [2.24, 2.45) is 0 Å². The van der Waals surface area contributed by atoms with Crippen molar-refractivity contribution in [1.82, 2.24) is 0 Å². The van der Waals surface area contributed by atoms with Gasteiger partial charge in [-0.3, -0.25) is 0 Å². The molecule has 0 aromatic rings.